The molecule has 3 rings (SSSR count). The minimum absolute atomic E-state index is 0.0953. The van der Waals surface area contributed by atoms with E-state index in [1.54, 1.807) is 29.2 Å². The molecule has 29 heavy (non-hydrogen) atoms. The molecule has 0 spiro atoms. The number of piperazine rings is 1. The summed E-state index contributed by atoms with van der Waals surface area (Å²) in [6.45, 7) is 0.999. The van der Waals surface area contributed by atoms with Gasteiger partial charge < -0.3 is 15.1 Å². The van der Waals surface area contributed by atoms with Crippen LogP contribution in [0, 0.1) is 10.1 Å². The zero-order valence-corrected chi connectivity index (χ0v) is 15.7. The number of urea groups is 1. The molecule has 2 aromatic carbocycles. The Kier molecular flexibility index (Phi) is 5.83. The SMILES string of the molecule is O=C(Nc1cccc(Cl)c1)N1CCN(c2ccc(C(F)(F)F)cc2[N+](=O)[O-])CC1. The second kappa shape index (κ2) is 8.16. The lowest BCUT2D eigenvalue weighted by Crippen LogP contribution is -2.50. The van der Waals surface area contributed by atoms with Crippen LogP contribution in [0.25, 0.3) is 0 Å². The second-order valence-corrected chi connectivity index (χ2v) is 6.81. The van der Waals surface area contributed by atoms with E-state index in [0.29, 0.717) is 16.8 Å². The molecule has 0 aliphatic carbocycles. The lowest BCUT2D eigenvalue weighted by atomic mass is 10.1. The Morgan fingerprint density at radius 1 is 1.10 bits per heavy atom. The van der Waals surface area contributed by atoms with Crippen molar-refractivity contribution in [1.29, 1.82) is 0 Å². The van der Waals surface area contributed by atoms with Gasteiger partial charge in [0.2, 0.25) is 0 Å². The van der Waals surface area contributed by atoms with E-state index >= 15 is 0 Å². The third-order valence-corrected chi connectivity index (χ3v) is 4.72. The lowest BCUT2D eigenvalue weighted by molar-refractivity contribution is -0.384. The fraction of sp³-hybridized carbons (Fsp3) is 0.278. The number of nitrogens with one attached hydrogen (secondary N) is 1. The molecule has 0 saturated carbocycles. The van der Waals surface area contributed by atoms with Crippen LogP contribution in [0.2, 0.25) is 5.02 Å². The Balaban J connectivity index is 1.69. The highest BCUT2D eigenvalue weighted by Crippen LogP contribution is 2.36. The van der Waals surface area contributed by atoms with Crippen molar-refractivity contribution >= 4 is 34.7 Å². The number of nitro groups is 1. The van der Waals surface area contributed by atoms with Gasteiger partial charge in [-0.25, -0.2) is 4.79 Å². The van der Waals surface area contributed by atoms with Crippen LogP contribution in [-0.4, -0.2) is 42.0 Å². The number of rotatable bonds is 3. The van der Waals surface area contributed by atoms with Crippen LogP contribution in [0.1, 0.15) is 5.56 Å². The topological polar surface area (TPSA) is 78.7 Å². The number of nitrogens with zero attached hydrogens (tertiary/aromatic N) is 3. The van der Waals surface area contributed by atoms with Crippen LogP contribution < -0.4 is 10.2 Å². The third-order valence-electron chi connectivity index (χ3n) is 4.48. The molecule has 1 heterocycles. The van der Waals surface area contributed by atoms with Gasteiger partial charge in [0.25, 0.3) is 5.69 Å². The van der Waals surface area contributed by atoms with Gasteiger partial charge in [0, 0.05) is 43.0 Å². The van der Waals surface area contributed by atoms with E-state index in [1.807, 2.05) is 0 Å². The average Bonchev–Trinajstić information content (AvgIpc) is 2.67. The molecule has 1 fully saturated rings. The number of benzene rings is 2. The van der Waals surface area contributed by atoms with Gasteiger partial charge in [-0.3, -0.25) is 10.1 Å². The molecular formula is C18H16ClF3N4O3. The second-order valence-electron chi connectivity index (χ2n) is 6.37. The molecule has 0 aromatic heterocycles. The van der Waals surface area contributed by atoms with Gasteiger partial charge in [-0.1, -0.05) is 17.7 Å². The molecule has 2 aromatic rings. The summed E-state index contributed by atoms with van der Waals surface area (Å²) in [4.78, 5) is 25.9. The molecule has 0 unspecified atom stereocenters. The fourth-order valence-electron chi connectivity index (χ4n) is 3.03. The van der Waals surface area contributed by atoms with E-state index in [4.69, 9.17) is 11.6 Å². The van der Waals surface area contributed by atoms with Crippen LogP contribution in [0.3, 0.4) is 0 Å². The van der Waals surface area contributed by atoms with E-state index in [1.165, 1.54) is 4.90 Å². The van der Waals surface area contributed by atoms with Crippen molar-refractivity contribution in [3.05, 3.63) is 63.2 Å². The molecule has 11 heteroatoms. The largest absolute Gasteiger partial charge is 0.416 e. The van der Waals surface area contributed by atoms with Gasteiger partial charge in [-0.05, 0) is 30.3 Å². The summed E-state index contributed by atoms with van der Waals surface area (Å²) >= 11 is 5.88. The molecule has 1 aliphatic heterocycles. The minimum Gasteiger partial charge on any atom is -0.362 e. The first-order valence-electron chi connectivity index (χ1n) is 8.57. The van der Waals surface area contributed by atoms with Crippen molar-refractivity contribution in [1.82, 2.24) is 4.90 Å². The van der Waals surface area contributed by atoms with Gasteiger partial charge in [0.1, 0.15) is 5.69 Å². The summed E-state index contributed by atoms with van der Waals surface area (Å²) in [5, 5.41) is 14.5. The molecule has 1 aliphatic rings. The molecule has 1 saturated heterocycles. The highest BCUT2D eigenvalue weighted by molar-refractivity contribution is 6.30. The molecule has 0 bridgehead atoms. The molecule has 154 valence electrons. The Morgan fingerprint density at radius 3 is 2.38 bits per heavy atom. The Labute approximate surface area is 168 Å². The molecule has 0 radical (unpaired) electrons. The Hall–Kier alpha value is -3.01. The third kappa shape index (κ3) is 4.89. The maximum absolute atomic E-state index is 12.9. The Bertz CT molecular complexity index is 931. The number of alkyl halides is 3. The first-order chi connectivity index (χ1) is 13.6. The zero-order chi connectivity index (χ0) is 21.2. The number of halogens is 4. The van der Waals surface area contributed by atoms with Crippen molar-refractivity contribution in [2.75, 3.05) is 36.4 Å². The normalized spacial score (nSPS) is 14.6. The van der Waals surface area contributed by atoms with Crippen LogP contribution in [0.4, 0.5) is 35.0 Å². The number of amides is 2. The van der Waals surface area contributed by atoms with E-state index < -0.39 is 22.4 Å². The van der Waals surface area contributed by atoms with Crippen molar-refractivity contribution < 1.29 is 22.9 Å². The minimum atomic E-state index is -4.67. The van der Waals surface area contributed by atoms with E-state index in [0.717, 1.165) is 12.1 Å². The summed E-state index contributed by atoms with van der Waals surface area (Å²) in [5.74, 6) is 0. The molecular weight excluding hydrogens is 413 g/mol. The summed E-state index contributed by atoms with van der Waals surface area (Å²) in [5.41, 5.74) is -1.06. The summed E-state index contributed by atoms with van der Waals surface area (Å²) in [7, 11) is 0. The maximum atomic E-state index is 12.9. The number of carbonyl (C=O) groups excluding carboxylic acids is 1. The highest BCUT2D eigenvalue weighted by Gasteiger charge is 2.34. The number of nitro benzene ring substituents is 1. The molecule has 2 amide bonds. The van der Waals surface area contributed by atoms with E-state index in [2.05, 4.69) is 5.32 Å². The van der Waals surface area contributed by atoms with Crippen molar-refractivity contribution in [2.24, 2.45) is 0 Å². The number of hydrogen-bond donors (Lipinski definition) is 1. The predicted octanol–water partition coefficient (Wildman–Crippen LogP) is 4.62. The smallest absolute Gasteiger partial charge is 0.362 e. The van der Waals surface area contributed by atoms with Gasteiger partial charge in [-0.15, -0.1) is 0 Å². The van der Waals surface area contributed by atoms with Crippen molar-refractivity contribution in [2.45, 2.75) is 6.18 Å². The summed E-state index contributed by atoms with van der Waals surface area (Å²) in [6.07, 6.45) is -4.67. The number of hydrogen-bond acceptors (Lipinski definition) is 4. The summed E-state index contributed by atoms with van der Waals surface area (Å²) < 4.78 is 38.6. The monoisotopic (exact) mass is 428 g/mol. The van der Waals surface area contributed by atoms with E-state index in [-0.39, 0.29) is 37.9 Å². The quantitative estimate of drug-likeness (QED) is 0.571. The first kappa shape index (κ1) is 20.7. The highest BCUT2D eigenvalue weighted by atomic mass is 35.5. The maximum Gasteiger partial charge on any atom is 0.416 e. The average molecular weight is 429 g/mol. The molecule has 1 N–H and O–H groups in total. The predicted molar refractivity (Wildman–Crippen MR) is 102 cm³/mol. The molecule has 0 atom stereocenters. The standard InChI is InChI=1S/C18H16ClF3N4O3/c19-13-2-1-3-14(11-13)23-17(27)25-8-6-24(7-9-25)15-5-4-12(18(20,21)22)10-16(15)26(28)29/h1-5,10-11H,6-9H2,(H,23,27). The van der Waals surface area contributed by atoms with Crippen LogP contribution in [-0.2, 0) is 6.18 Å². The molecule has 7 nitrogen and oxygen atoms in total. The van der Waals surface area contributed by atoms with Gasteiger partial charge in [0.15, 0.2) is 0 Å². The van der Waals surface area contributed by atoms with Crippen LogP contribution in [0.15, 0.2) is 42.5 Å². The van der Waals surface area contributed by atoms with Gasteiger partial charge >= 0.3 is 12.2 Å². The Morgan fingerprint density at radius 2 is 1.79 bits per heavy atom. The van der Waals surface area contributed by atoms with E-state index in [9.17, 15) is 28.1 Å². The van der Waals surface area contributed by atoms with Crippen molar-refractivity contribution in [3.63, 3.8) is 0 Å². The number of carbonyl (C=O) groups is 1. The first-order valence-corrected chi connectivity index (χ1v) is 8.95. The number of anilines is 2. The lowest BCUT2D eigenvalue weighted by Gasteiger charge is -2.35. The fourth-order valence-corrected chi connectivity index (χ4v) is 3.22. The van der Waals surface area contributed by atoms with Crippen molar-refractivity contribution in [3.8, 4) is 0 Å². The van der Waals surface area contributed by atoms with Crippen LogP contribution in [0.5, 0.6) is 0 Å². The zero-order valence-electron chi connectivity index (χ0n) is 14.9. The van der Waals surface area contributed by atoms with Crippen LogP contribution >= 0.6 is 11.6 Å². The van der Waals surface area contributed by atoms with Gasteiger partial charge in [0.05, 0.1) is 10.5 Å². The van der Waals surface area contributed by atoms with Gasteiger partial charge in [-0.2, -0.15) is 13.2 Å². The summed E-state index contributed by atoms with van der Waals surface area (Å²) in [6, 6.07) is 8.75.